The number of nitrogens with zero attached hydrogens (tertiary/aromatic N) is 3. The van der Waals surface area contributed by atoms with Gasteiger partial charge in [-0.2, -0.15) is 5.10 Å². The van der Waals surface area contributed by atoms with Crippen LogP contribution in [0.15, 0.2) is 24.5 Å². The second kappa shape index (κ2) is 5.51. The summed E-state index contributed by atoms with van der Waals surface area (Å²) in [5.41, 5.74) is 8.48. The van der Waals surface area contributed by atoms with Crippen LogP contribution in [-0.2, 0) is 20.0 Å². The third-order valence-electron chi connectivity index (χ3n) is 2.82. The maximum Gasteiger partial charge on any atom is 0.267 e. The van der Waals surface area contributed by atoms with Crippen molar-refractivity contribution in [2.45, 2.75) is 19.9 Å². The first-order chi connectivity index (χ1) is 9.10. The first-order valence-electron chi connectivity index (χ1n) is 6.11. The number of carbonyl (C=O) groups excluding carboxylic acids is 1. The van der Waals surface area contributed by atoms with Gasteiger partial charge >= 0.3 is 0 Å². The lowest BCUT2D eigenvalue weighted by Crippen LogP contribution is -2.13. The van der Waals surface area contributed by atoms with Gasteiger partial charge in [-0.05, 0) is 18.6 Å². The monoisotopic (exact) mass is 259 g/mol. The maximum absolute atomic E-state index is 11.0. The third-order valence-corrected chi connectivity index (χ3v) is 2.82. The SMILES string of the molecule is CCc1nn(C)cc1CNc1ccnc(C(N)=O)c1. The highest BCUT2D eigenvalue weighted by molar-refractivity contribution is 5.91. The van der Waals surface area contributed by atoms with Crippen molar-refractivity contribution in [3.63, 3.8) is 0 Å². The van der Waals surface area contributed by atoms with Crippen LogP contribution in [0.5, 0.6) is 0 Å². The summed E-state index contributed by atoms with van der Waals surface area (Å²) in [6, 6.07) is 3.44. The summed E-state index contributed by atoms with van der Waals surface area (Å²) >= 11 is 0. The van der Waals surface area contributed by atoms with Gasteiger partial charge in [-0.3, -0.25) is 14.5 Å². The molecule has 0 radical (unpaired) electrons. The highest BCUT2D eigenvalue weighted by Crippen LogP contribution is 2.12. The predicted molar refractivity (Wildman–Crippen MR) is 72.7 cm³/mol. The van der Waals surface area contributed by atoms with E-state index in [-0.39, 0.29) is 5.69 Å². The molecule has 6 heteroatoms. The Morgan fingerprint density at radius 1 is 1.53 bits per heavy atom. The van der Waals surface area contributed by atoms with Gasteiger partial charge in [0, 0.05) is 37.2 Å². The Bertz CT molecular complexity index is 590. The van der Waals surface area contributed by atoms with Crippen LogP contribution in [0.3, 0.4) is 0 Å². The molecule has 0 atom stereocenters. The number of nitrogens with one attached hydrogen (secondary N) is 1. The molecular formula is C13H17N5O. The predicted octanol–water partition coefficient (Wildman–Crippen LogP) is 1.09. The Balaban J connectivity index is 2.09. The fraction of sp³-hybridized carbons (Fsp3) is 0.308. The van der Waals surface area contributed by atoms with Crippen LogP contribution in [0, 0.1) is 0 Å². The zero-order valence-corrected chi connectivity index (χ0v) is 11.1. The number of aromatic nitrogens is 3. The van der Waals surface area contributed by atoms with Gasteiger partial charge in [-0.1, -0.05) is 6.92 Å². The summed E-state index contributed by atoms with van der Waals surface area (Å²) in [6.07, 6.45) is 4.44. The van der Waals surface area contributed by atoms with Gasteiger partial charge < -0.3 is 11.1 Å². The Morgan fingerprint density at radius 2 is 2.32 bits per heavy atom. The molecular weight excluding hydrogens is 242 g/mol. The van der Waals surface area contributed by atoms with Crippen molar-refractivity contribution in [1.29, 1.82) is 0 Å². The molecule has 100 valence electrons. The van der Waals surface area contributed by atoms with Crippen molar-refractivity contribution in [2.24, 2.45) is 12.8 Å². The van der Waals surface area contributed by atoms with Gasteiger partial charge in [-0.25, -0.2) is 0 Å². The van der Waals surface area contributed by atoms with E-state index in [2.05, 4.69) is 22.3 Å². The average Bonchev–Trinajstić information content (AvgIpc) is 2.77. The molecule has 19 heavy (non-hydrogen) atoms. The Morgan fingerprint density at radius 3 is 3.00 bits per heavy atom. The minimum Gasteiger partial charge on any atom is -0.381 e. The van der Waals surface area contributed by atoms with Gasteiger partial charge in [0.15, 0.2) is 0 Å². The van der Waals surface area contributed by atoms with Crippen molar-refractivity contribution in [1.82, 2.24) is 14.8 Å². The molecule has 2 heterocycles. The molecule has 0 aliphatic heterocycles. The third kappa shape index (κ3) is 3.09. The fourth-order valence-electron chi connectivity index (χ4n) is 1.90. The summed E-state index contributed by atoms with van der Waals surface area (Å²) in [4.78, 5) is 15.0. The van der Waals surface area contributed by atoms with E-state index in [4.69, 9.17) is 5.73 Å². The molecule has 2 rings (SSSR count). The van der Waals surface area contributed by atoms with E-state index in [1.807, 2.05) is 13.2 Å². The van der Waals surface area contributed by atoms with Crippen molar-refractivity contribution >= 4 is 11.6 Å². The van der Waals surface area contributed by atoms with E-state index in [0.717, 1.165) is 23.4 Å². The number of amides is 1. The number of anilines is 1. The molecule has 0 saturated heterocycles. The minimum absolute atomic E-state index is 0.256. The molecule has 3 N–H and O–H groups in total. The molecule has 0 unspecified atom stereocenters. The minimum atomic E-state index is -0.528. The van der Waals surface area contributed by atoms with Crippen LogP contribution in [0.2, 0.25) is 0 Å². The van der Waals surface area contributed by atoms with Crippen molar-refractivity contribution < 1.29 is 4.79 Å². The molecule has 0 aliphatic rings. The number of hydrogen-bond donors (Lipinski definition) is 2. The number of primary amides is 1. The molecule has 0 bridgehead atoms. The maximum atomic E-state index is 11.0. The summed E-state index contributed by atoms with van der Waals surface area (Å²) in [5.74, 6) is -0.528. The standard InChI is InChI=1S/C13H17N5O/c1-3-11-9(8-18(2)17-11)7-16-10-4-5-15-12(6-10)13(14)19/h4-6,8H,3,7H2,1-2H3,(H2,14,19)(H,15,16). The Hall–Kier alpha value is -2.37. The molecule has 6 nitrogen and oxygen atoms in total. The van der Waals surface area contributed by atoms with Crippen LogP contribution in [-0.4, -0.2) is 20.7 Å². The molecule has 0 saturated carbocycles. The number of aryl methyl sites for hydroxylation is 2. The molecule has 2 aromatic rings. The van der Waals surface area contributed by atoms with E-state index in [1.54, 1.807) is 23.0 Å². The molecule has 2 aromatic heterocycles. The van der Waals surface area contributed by atoms with Crippen LogP contribution in [0.4, 0.5) is 5.69 Å². The normalized spacial score (nSPS) is 10.4. The summed E-state index contributed by atoms with van der Waals surface area (Å²) in [7, 11) is 1.90. The number of nitrogens with two attached hydrogens (primary N) is 1. The lowest BCUT2D eigenvalue weighted by Gasteiger charge is -2.06. The van der Waals surface area contributed by atoms with Gasteiger partial charge in [0.25, 0.3) is 5.91 Å². The molecule has 0 fully saturated rings. The van der Waals surface area contributed by atoms with E-state index in [9.17, 15) is 4.79 Å². The summed E-state index contributed by atoms with van der Waals surface area (Å²) in [5, 5.41) is 7.62. The average molecular weight is 259 g/mol. The van der Waals surface area contributed by atoms with Crippen LogP contribution < -0.4 is 11.1 Å². The number of pyridine rings is 1. The number of hydrogen-bond acceptors (Lipinski definition) is 4. The Kier molecular flexibility index (Phi) is 3.79. The van der Waals surface area contributed by atoms with Crippen molar-refractivity contribution in [2.75, 3.05) is 5.32 Å². The second-order valence-corrected chi connectivity index (χ2v) is 4.28. The zero-order chi connectivity index (χ0) is 13.8. The largest absolute Gasteiger partial charge is 0.381 e. The van der Waals surface area contributed by atoms with E-state index in [1.165, 1.54) is 0 Å². The van der Waals surface area contributed by atoms with Gasteiger partial charge in [0.05, 0.1) is 5.69 Å². The number of rotatable bonds is 5. The van der Waals surface area contributed by atoms with Gasteiger partial charge in [0.2, 0.25) is 0 Å². The molecule has 0 aromatic carbocycles. The Labute approximate surface area is 111 Å². The zero-order valence-electron chi connectivity index (χ0n) is 11.1. The van der Waals surface area contributed by atoms with Crippen LogP contribution in [0.1, 0.15) is 28.7 Å². The number of carbonyl (C=O) groups is 1. The van der Waals surface area contributed by atoms with E-state index in [0.29, 0.717) is 6.54 Å². The van der Waals surface area contributed by atoms with Gasteiger partial charge in [0.1, 0.15) is 5.69 Å². The first kappa shape index (κ1) is 13.1. The lowest BCUT2D eigenvalue weighted by molar-refractivity contribution is 0.0995. The smallest absolute Gasteiger partial charge is 0.267 e. The molecule has 1 amide bonds. The first-order valence-corrected chi connectivity index (χ1v) is 6.11. The second-order valence-electron chi connectivity index (χ2n) is 4.28. The van der Waals surface area contributed by atoms with Gasteiger partial charge in [-0.15, -0.1) is 0 Å². The molecule has 0 spiro atoms. The fourth-order valence-corrected chi connectivity index (χ4v) is 1.90. The van der Waals surface area contributed by atoms with E-state index >= 15 is 0 Å². The quantitative estimate of drug-likeness (QED) is 0.841. The highest BCUT2D eigenvalue weighted by atomic mass is 16.1. The van der Waals surface area contributed by atoms with Crippen LogP contribution >= 0.6 is 0 Å². The topological polar surface area (TPSA) is 85.8 Å². The highest BCUT2D eigenvalue weighted by Gasteiger charge is 2.06. The lowest BCUT2D eigenvalue weighted by atomic mass is 10.2. The molecule has 0 aliphatic carbocycles. The van der Waals surface area contributed by atoms with Crippen molar-refractivity contribution in [3.05, 3.63) is 41.5 Å². The van der Waals surface area contributed by atoms with Crippen molar-refractivity contribution in [3.8, 4) is 0 Å². The van der Waals surface area contributed by atoms with Crippen LogP contribution in [0.25, 0.3) is 0 Å². The summed E-state index contributed by atoms with van der Waals surface area (Å²) in [6.45, 7) is 2.72. The summed E-state index contributed by atoms with van der Waals surface area (Å²) < 4.78 is 1.80. The van der Waals surface area contributed by atoms with E-state index < -0.39 is 5.91 Å².